The van der Waals surface area contributed by atoms with Gasteiger partial charge in [-0.25, -0.2) is 0 Å². The molecule has 1 nitrogen and oxygen atoms in total. The molecule has 0 spiro atoms. The summed E-state index contributed by atoms with van der Waals surface area (Å²) in [6, 6.07) is 0. The van der Waals surface area contributed by atoms with E-state index in [1.807, 2.05) is 6.26 Å². The topological polar surface area (TPSA) is 9.23 Å². The Morgan fingerprint density at radius 1 is 1.17 bits per heavy atom. The molecule has 1 heterocycles. The second-order valence-electron chi connectivity index (χ2n) is 3.28. The van der Waals surface area contributed by atoms with E-state index >= 15 is 0 Å². The summed E-state index contributed by atoms with van der Waals surface area (Å²) in [5.74, 6) is 0. The summed E-state index contributed by atoms with van der Waals surface area (Å²) in [7, 11) is 0. The number of allylic oxidation sites excluding steroid dienone is 5. The fourth-order valence-corrected chi connectivity index (χ4v) is 1.67. The van der Waals surface area contributed by atoms with E-state index in [0.717, 1.165) is 6.61 Å². The van der Waals surface area contributed by atoms with Crippen molar-refractivity contribution in [2.24, 2.45) is 0 Å². The van der Waals surface area contributed by atoms with Gasteiger partial charge in [-0.2, -0.15) is 0 Å². The van der Waals surface area contributed by atoms with Crippen LogP contribution in [0.1, 0.15) is 25.7 Å². The van der Waals surface area contributed by atoms with Crippen molar-refractivity contribution in [3.05, 3.63) is 35.6 Å². The van der Waals surface area contributed by atoms with Gasteiger partial charge in [0.05, 0.1) is 12.9 Å². The fourth-order valence-electron chi connectivity index (χ4n) is 1.67. The summed E-state index contributed by atoms with van der Waals surface area (Å²) >= 11 is 0. The Morgan fingerprint density at radius 3 is 2.83 bits per heavy atom. The number of hydrogen-bond acceptors (Lipinski definition) is 1. The van der Waals surface area contributed by atoms with Gasteiger partial charge in [-0.3, -0.25) is 0 Å². The van der Waals surface area contributed by atoms with Crippen LogP contribution in [0, 0.1) is 0 Å². The van der Waals surface area contributed by atoms with Crippen LogP contribution in [-0.4, -0.2) is 6.61 Å². The van der Waals surface area contributed by atoms with E-state index in [0.29, 0.717) is 0 Å². The smallest absolute Gasteiger partial charge is 0.0876 e. The van der Waals surface area contributed by atoms with Gasteiger partial charge in [-0.15, -0.1) is 0 Å². The molecule has 64 valence electrons. The van der Waals surface area contributed by atoms with Crippen molar-refractivity contribution in [3.8, 4) is 0 Å². The zero-order valence-electron chi connectivity index (χ0n) is 7.25. The van der Waals surface area contributed by atoms with Gasteiger partial charge in [0.15, 0.2) is 0 Å². The molecule has 0 aromatic heterocycles. The van der Waals surface area contributed by atoms with Crippen LogP contribution in [0.2, 0.25) is 0 Å². The van der Waals surface area contributed by atoms with Gasteiger partial charge in [-0.1, -0.05) is 18.2 Å². The molecule has 0 bridgehead atoms. The molecule has 1 heteroatoms. The van der Waals surface area contributed by atoms with E-state index < -0.39 is 0 Å². The normalized spacial score (nSPS) is 22.7. The van der Waals surface area contributed by atoms with Crippen LogP contribution in [0.15, 0.2) is 35.6 Å². The van der Waals surface area contributed by atoms with E-state index in [-0.39, 0.29) is 0 Å². The summed E-state index contributed by atoms with van der Waals surface area (Å²) in [6.45, 7) is 0.895. The molecule has 0 saturated heterocycles. The molecule has 1 aliphatic heterocycles. The largest absolute Gasteiger partial charge is 0.501 e. The fraction of sp³-hybridized carbons (Fsp3) is 0.455. The van der Waals surface area contributed by atoms with Gasteiger partial charge in [-0.05, 0) is 36.8 Å². The van der Waals surface area contributed by atoms with Gasteiger partial charge in [0.25, 0.3) is 0 Å². The average molecular weight is 162 g/mol. The quantitative estimate of drug-likeness (QED) is 0.576. The Bertz CT molecular complexity index is 246. The number of hydrogen-bond donors (Lipinski definition) is 0. The molecule has 2 rings (SSSR count). The van der Waals surface area contributed by atoms with Crippen molar-refractivity contribution in [1.29, 1.82) is 0 Å². The van der Waals surface area contributed by atoms with Crippen molar-refractivity contribution in [2.45, 2.75) is 25.7 Å². The molecule has 1 aliphatic carbocycles. The van der Waals surface area contributed by atoms with Gasteiger partial charge in [0.1, 0.15) is 0 Å². The summed E-state index contributed by atoms with van der Waals surface area (Å²) in [5.41, 5.74) is 2.88. The first-order valence-electron chi connectivity index (χ1n) is 4.63. The van der Waals surface area contributed by atoms with Crippen LogP contribution in [-0.2, 0) is 4.74 Å². The third-order valence-corrected chi connectivity index (χ3v) is 2.36. The first kappa shape index (κ1) is 7.66. The standard InChI is InChI=1S/C11H14O/c1-2-5-10(6-3-1)11-7-4-8-12-9-11/h1-2,5,9H,3-4,6-8H2. The molecule has 0 aromatic rings. The van der Waals surface area contributed by atoms with E-state index in [1.54, 1.807) is 0 Å². The summed E-state index contributed by atoms with van der Waals surface area (Å²) in [5, 5.41) is 0. The monoisotopic (exact) mass is 162 g/mol. The maximum Gasteiger partial charge on any atom is 0.0876 e. The lowest BCUT2D eigenvalue weighted by atomic mass is 9.94. The highest BCUT2D eigenvalue weighted by molar-refractivity contribution is 5.35. The Kier molecular flexibility index (Phi) is 2.31. The molecular formula is C11H14O. The maximum absolute atomic E-state index is 5.31. The molecule has 0 radical (unpaired) electrons. The zero-order chi connectivity index (χ0) is 8.23. The van der Waals surface area contributed by atoms with E-state index in [4.69, 9.17) is 4.74 Å². The highest BCUT2D eigenvalue weighted by Gasteiger charge is 2.09. The van der Waals surface area contributed by atoms with E-state index in [2.05, 4.69) is 18.2 Å². The molecule has 12 heavy (non-hydrogen) atoms. The third-order valence-electron chi connectivity index (χ3n) is 2.36. The van der Waals surface area contributed by atoms with Crippen LogP contribution in [0.25, 0.3) is 0 Å². The molecule has 0 unspecified atom stereocenters. The summed E-state index contributed by atoms with van der Waals surface area (Å²) in [6.07, 6.45) is 13.3. The molecule has 0 saturated carbocycles. The summed E-state index contributed by atoms with van der Waals surface area (Å²) in [4.78, 5) is 0. The first-order chi connectivity index (χ1) is 5.97. The Morgan fingerprint density at radius 2 is 2.17 bits per heavy atom. The van der Waals surface area contributed by atoms with Crippen molar-refractivity contribution >= 4 is 0 Å². The predicted molar refractivity (Wildman–Crippen MR) is 49.7 cm³/mol. The number of ether oxygens (including phenoxy) is 1. The Balaban J connectivity index is 2.11. The summed E-state index contributed by atoms with van der Waals surface area (Å²) < 4.78 is 5.31. The zero-order valence-corrected chi connectivity index (χ0v) is 7.25. The second kappa shape index (κ2) is 3.61. The van der Waals surface area contributed by atoms with Gasteiger partial charge in [0.2, 0.25) is 0 Å². The molecule has 0 aromatic carbocycles. The van der Waals surface area contributed by atoms with E-state index in [9.17, 15) is 0 Å². The maximum atomic E-state index is 5.31. The molecule has 0 N–H and O–H groups in total. The predicted octanol–water partition coefficient (Wildman–Crippen LogP) is 2.96. The van der Waals surface area contributed by atoms with Crippen LogP contribution in [0.5, 0.6) is 0 Å². The van der Waals surface area contributed by atoms with Crippen molar-refractivity contribution in [1.82, 2.24) is 0 Å². The third kappa shape index (κ3) is 1.60. The highest BCUT2D eigenvalue weighted by Crippen LogP contribution is 2.25. The molecule has 2 aliphatic rings. The molecule has 0 atom stereocenters. The van der Waals surface area contributed by atoms with Crippen LogP contribution in [0.4, 0.5) is 0 Å². The Hall–Kier alpha value is -0.980. The highest BCUT2D eigenvalue weighted by atomic mass is 16.5. The molecule has 0 amide bonds. The van der Waals surface area contributed by atoms with Crippen LogP contribution < -0.4 is 0 Å². The lowest BCUT2D eigenvalue weighted by Crippen LogP contribution is -2.02. The average Bonchev–Trinajstić information content (AvgIpc) is 2.21. The van der Waals surface area contributed by atoms with E-state index in [1.165, 1.54) is 36.8 Å². The van der Waals surface area contributed by atoms with Crippen LogP contribution >= 0.6 is 0 Å². The van der Waals surface area contributed by atoms with Crippen molar-refractivity contribution < 1.29 is 4.74 Å². The van der Waals surface area contributed by atoms with Gasteiger partial charge < -0.3 is 4.74 Å². The number of rotatable bonds is 1. The Labute approximate surface area is 73.4 Å². The van der Waals surface area contributed by atoms with Gasteiger partial charge in [0, 0.05) is 0 Å². The van der Waals surface area contributed by atoms with Crippen LogP contribution in [0.3, 0.4) is 0 Å². The SMILES string of the molecule is C1=CCCC(C2=COCCC2)=C1. The van der Waals surface area contributed by atoms with Crippen molar-refractivity contribution in [3.63, 3.8) is 0 Å². The minimum atomic E-state index is 0.895. The van der Waals surface area contributed by atoms with Crippen molar-refractivity contribution in [2.75, 3.05) is 6.61 Å². The molecule has 0 fully saturated rings. The van der Waals surface area contributed by atoms with Gasteiger partial charge >= 0.3 is 0 Å². The lowest BCUT2D eigenvalue weighted by molar-refractivity contribution is 0.226. The lowest BCUT2D eigenvalue weighted by Gasteiger charge is -2.17. The minimum Gasteiger partial charge on any atom is -0.501 e. The minimum absolute atomic E-state index is 0.895. The first-order valence-corrected chi connectivity index (χ1v) is 4.63. The molecular weight excluding hydrogens is 148 g/mol. The second-order valence-corrected chi connectivity index (χ2v) is 3.28.